The van der Waals surface area contributed by atoms with Gasteiger partial charge in [0.15, 0.2) is 5.69 Å². The summed E-state index contributed by atoms with van der Waals surface area (Å²) in [6, 6.07) is 1.89. The fourth-order valence-corrected chi connectivity index (χ4v) is 2.17. The predicted molar refractivity (Wildman–Crippen MR) is 74.7 cm³/mol. The highest BCUT2D eigenvalue weighted by Crippen LogP contribution is 2.19. The summed E-state index contributed by atoms with van der Waals surface area (Å²) in [5.41, 5.74) is 2.15. The molecule has 0 spiro atoms. The van der Waals surface area contributed by atoms with Crippen LogP contribution in [-0.4, -0.2) is 25.5 Å². The minimum absolute atomic E-state index is 0.207. The van der Waals surface area contributed by atoms with Crippen molar-refractivity contribution in [2.24, 2.45) is 7.05 Å². The van der Waals surface area contributed by atoms with Crippen LogP contribution >= 0.6 is 15.9 Å². The number of carbonyl (C=O) groups is 1. The molecule has 6 nitrogen and oxygen atoms in total. The third-order valence-corrected chi connectivity index (χ3v) is 3.88. The molecule has 0 radical (unpaired) electrons. The lowest BCUT2D eigenvalue weighted by Gasteiger charge is -2.01. The lowest BCUT2D eigenvalue weighted by atomic mass is 10.3. The van der Waals surface area contributed by atoms with Crippen molar-refractivity contribution in [3.63, 3.8) is 0 Å². The van der Waals surface area contributed by atoms with Crippen molar-refractivity contribution in [1.29, 1.82) is 0 Å². The molecule has 0 saturated carbocycles. The van der Waals surface area contributed by atoms with Crippen molar-refractivity contribution < 1.29 is 4.79 Å². The third kappa shape index (κ3) is 2.86. The Labute approximate surface area is 119 Å². The topological polar surface area (TPSA) is 64.7 Å². The van der Waals surface area contributed by atoms with Gasteiger partial charge in [-0.1, -0.05) is 0 Å². The number of amides is 1. The minimum Gasteiger partial charge on any atom is -0.345 e. The van der Waals surface area contributed by atoms with E-state index < -0.39 is 0 Å². The van der Waals surface area contributed by atoms with E-state index in [-0.39, 0.29) is 5.91 Å². The highest BCUT2D eigenvalue weighted by Gasteiger charge is 2.17. The summed E-state index contributed by atoms with van der Waals surface area (Å²) in [6.07, 6.45) is 1.89. The van der Waals surface area contributed by atoms with Crippen LogP contribution in [0.15, 0.2) is 16.7 Å². The molecule has 0 saturated heterocycles. The van der Waals surface area contributed by atoms with Gasteiger partial charge in [-0.15, -0.1) is 0 Å². The van der Waals surface area contributed by atoms with Gasteiger partial charge in [0.1, 0.15) is 0 Å². The number of hydrogen-bond acceptors (Lipinski definition) is 3. The number of nitrogens with zero attached hydrogens (tertiary/aromatic N) is 4. The molecule has 0 aliphatic heterocycles. The van der Waals surface area contributed by atoms with E-state index in [1.807, 2.05) is 30.8 Å². The van der Waals surface area contributed by atoms with E-state index in [9.17, 15) is 4.79 Å². The molecule has 2 heterocycles. The Bertz CT molecular complexity index is 601. The lowest BCUT2D eigenvalue weighted by molar-refractivity contribution is 0.0944. The molecule has 1 amide bonds. The Balaban J connectivity index is 2.03. The van der Waals surface area contributed by atoms with Gasteiger partial charge in [0, 0.05) is 19.8 Å². The smallest absolute Gasteiger partial charge is 0.273 e. The number of halogens is 1. The monoisotopic (exact) mass is 325 g/mol. The largest absolute Gasteiger partial charge is 0.345 e. The Hall–Kier alpha value is -1.63. The van der Waals surface area contributed by atoms with Gasteiger partial charge in [0.05, 0.1) is 22.4 Å². The van der Waals surface area contributed by atoms with E-state index in [1.54, 1.807) is 11.7 Å². The first kappa shape index (κ1) is 13.8. The molecule has 1 N–H and O–H groups in total. The first-order valence-corrected chi connectivity index (χ1v) is 6.81. The van der Waals surface area contributed by atoms with Crippen molar-refractivity contribution in [2.75, 3.05) is 0 Å². The zero-order valence-electron chi connectivity index (χ0n) is 11.1. The second kappa shape index (κ2) is 5.56. The molecule has 2 rings (SSSR count). The molecule has 0 bridgehead atoms. The van der Waals surface area contributed by atoms with Crippen LogP contribution in [0.5, 0.6) is 0 Å². The number of aromatic nitrogens is 4. The summed E-state index contributed by atoms with van der Waals surface area (Å²) in [5.74, 6) is -0.207. The molecule has 0 aliphatic carbocycles. The van der Waals surface area contributed by atoms with Crippen LogP contribution in [0, 0.1) is 6.92 Å². The third-order valence-electron chi connectivity index (χ3n) is 2.93. The highest BCUT2D eigenvalue weighted by molar-refractivity contribution is 9.10. The van der Waals surface area contributed by atoms with Crippen molar-refractivity contribution in [3.8, 4) is 0 Å². The van der Waals surface area contributed by atoms with Crippen LogP contribution < -0.4 is 5.32 Å². The quantitative estimate of drug-likeness (QED) is 0.929. The molecule has 0 unspecified atom stereocenters. The van der Waals surface area contributed by atoms with E-state index in [0.717, 1.165) is 22.4 Å². The van der Waals surface area contributed by atoms with Crippen molar-refractivity contribution in [1.82, 2.24) is 24.9 Å². The molecule has 0 aliphatic rings. The highest BCUT2D eigenvalue weighted by atomic mass is 79.9. The average Bonchev–Trinajstić information content (AvgIpc) is 2.96. The summed E-state index contributed by atoms with van der Waals surface area (Å²) in [7, 11) is 1.81. The van der Waals surface area contributed by atoms with Crippen LogP contribution in [0.4, 0.5) is 0 Å². The zero-order valence-corrected chi connectivity index (χ0v) is 12.7. The van der Waals surface area contributed by atoms with Gasteiger partial charge in [0.2, 0.25) is 0 Å². The molecule has 2 aromatic heterocycles. The van der Waals surface area contributed by atoms with E-state index in [4.69, 9.17) is 0 Å². The molecule has 19 heavy (non-hydrogen) atoms. The number of hydrogen-bond donors (Lipinski definition) is 1. The maximum atomic E-state index is 12.0. The second-order valence-corrected chi connectivity index (χ2v) is 5.01. The fraction of sp³-hybridized carbons (Fsp3) is 0.417. The van der Waals surface area contributed by atoms with Crippen molar-refractivity contribution >= 4 is 21.8 Å². The van der Waals surface area contributed by atoms with E-state index >= 15 is 0 Å². The van der Waals surface area contributed by atoms with Crippen LogP contribution in [0.2, 0.25) is 0 Å². The number of aryl methyl sites for hydroxylation is 2. The van der Waals surface area contributed by atoms with Crippen LogP contribution in [0.3, 0.4) is 0 Å². The molecule has 0 aromatic carbocycles. The first-order valence-electron chi connectivity index (χ1n) is 6.02. The van der Waals surface area contributed by atoms with Crippen molar-refractivity contribution in [2.45, 2.75) is 26.9 Å². The van der Waals surface area contributed by atoms with Crippen LogP contribution in [0.25, 0.3) is 0 Å². The van der Waals surface area contributed by atoms with Gasteiger partial charge in [0.25, 0.3) is 5.91 Å². The molecule has 102 valence electrons. The number of nitrogens with one attached hydrogen (secondary N) is 1. The van der Waals surface area contributed by atoms with Gasteiger partial charge in [-0.2, -0.15) is 10.2 Å². The molecular weight excluding hydrogens is 310 g/mol. The van der Waals surface area contributed by atoms with Crippen LogP contribution in [-0.2, 0) is 20.1 Å². The molecular formula is C12H16BrN5O. The first-order chi connectivity index (χ1) is 9.02. The number of rotatable bonds is 4. The zero-order chi connectivity index (χ0) is 14.0. The van der Waals surface area contributed by atoms with Gasteiger partial charge < -0.3 is 5.32 Å². The molecule has 7 heteroatoms. The summed E-state index contributed by atoms with van der Waals surface area (Å²) < 4.78 is 4.22. The molecule has 2 aromatic rings. The SMILES string of the molecule is CCn1ccc(CNC(=O)c2nn(C)c(C)c2Br)n1. The summed E-state index contributed by atoms with van der Waals surface area (Å²) in [5, 5.41) is 11.3. The summed E-state index contributed by atoms with van der Waals surface area (Å²) in [4.78, 5) is 12.0. The Morgan fingerprint density at radius 1 is 1.47 bits per heavy atom. The van der Waals surface area contributed by atoms with Crippen molar-refractivity contribution in [3.05, 3.63) is 33.8 Å². The Morgan fingerprint density at radius 3 is 2.74 bits per heavy atom. The average molecular weight is 326 g/mol. The molecule has 0 atom stereocenters. The standard InChI is InChI=1S/C12H16BrN5O/c1-4-18-6-5-9(15-18)7-14-12(19)11-10(13)8(2)17(3)16-11/h5-6H,4,7H2,1-3H3,(H,14,19). The maximum absolute atomic E-state index is 12.0. The lowest BCUT2D eigenvalue weighted by Crippen LogP contribution is -2.24. The number of carbonyl (C=O) groups excluding carboxylic acids is 1. The van der Waals surface area contributed by atoms with E-state index in [2.05, 4.69) is 31.4 Å². The second-order valence-electron chi connectivity index (χ2n) is 4.22. The minimum atomic E-state index is -0.207. The van der Waals surface area contributed by atoms with E-state index in [0.29, 0.717) is 12.2 Å². The predicted octanol–water partition coefficient (Wildman–Crippen LogP) is 1.64. The normalized spacial score (nSPS) is 10.7. The van der Waals surface area contributed by atoms with Crippen LogP contribution in [0.1, 0.15) is 28.8 Å². The fourth-order valence-electron chi connectivity index (χ4n) is 1.66. The summed E-state index contributed by atoms with van der Waals surface area (Å²) in [6.45, 7) is 5.13. The Kier molecular flexibility index (Phi) is 4.04. The van der Waals surface area contributed by atoms with Gasteiger partial charge >= 0.3 is 0 Å². The maximum Gasteiger partial charge on any atom is 0.273 e. The van der Waals surface area contributed by atoms with E-state index in [1.165, 1.54) is 0 Å². The van der Waals surface area contributed by atoms with Gasteiger partial charge in [-0.05, 0) is 35.8 Å². The summed E-state index contributed by atoms with van der Waals surface area (Å²) >= 11 is 3.38. The van der Waals surface area contributed by atoms with Gasteiger partial charge in [-0.3, -0.25) is 14.2 Å². The molecule has 0 fully saturated rings. The Morgan fingerprint density at radius 2 is 2.21 bits per heavy atom. The van der Waals surface area contributed by atoms with Gasteiger partial charge in [-0.25, -0.2) is 0 Å².